The second-order valence-corrected chi connectivity index (χ2v) is 6.57. The molecule has 0 spiro atoms. The Morgan fingerprint density at radius 2 is 1.38 bits per heavy atom. The van der Waals surface area contributed by atoms with Gasteiger partial charge in [-0.05, 0) is 50.7 Å². The molecule has 1 heteroatoms. The van der Waals surface area contributed by atoms with Gasteiger partial charge in [0.15, 0.2) is 0 Å². The number of benzene rings is 2. The van der Waals surface area contributed by atoms with Crippen molar-refractivity contribution < 1.29 is 0 Å². The summed E-state index contributed by atoms with van der Waals surface area (Å²) in [6.45, 7) is 6.56. The lowest BCUT2D eigenvalue weighted by Gasteiger charge is -2.38. The molecule has 1 N–H and O–H groups in total. The molecule has 1 nitrogen and oxygen atoms in total. The summed E-state index contributed by atoms with van der Waals surface area (Å²) >= 11 is 0. The van der Waals surface area contributed by atoms with Crippen LogP contribution < -0.4 is 5.32 Å². The lowest BCUT2D eigenvalue weighted by molar-refractivity contribution is 0.271. The maximum absolute atomic E-state index is 3.76. The number of aryl methyl sites for hydroxylation is 2. The normalized spacial score (nSPS) is 22.6. The molecule has 2 aromatic carbocycles. The highest BCUT2D eigenvalue weighted by atomic mass is 15.0. The lowest BCUT2D eigenvalue weighted by Crippen LogP contribution is -2.41. The van der Waals surface area contributed by atoms with E-state index in [4.69, 9.17) is 0 Å². The highest BCUT2D eigenvalue weighted by Crippen LogP contribution is 2.37. The van der Waals surface area contributed by atoms with Crippen LogP contribution in [0.1, 0.15) is 54.0 Å². The Morgan fingerprint density at radius 3 is 1.95 bits per heavy atom. The van der Waals surface area contributed by atoms with Gasteiger partial charge in [0.25, 0.3) is 0 Å². The molecule has 3 rings (SSSR count). The summed E-state index contributed by atoms with van der Waals surface area (Å²) in [6, 6.07) is 19.0. The zero-order valence-corrected chi connectivity index (χ0v) is 13.3. The Balaban J connectivity index is 1.52. The largest absolute Gasteiger partial charge is 0.307 e. The lowest BCUT2D eigenvalue weighted by atomic mass is 9.75. The van der Waals surface area contributed by atoms with E-state index in [0.717, 1.165) is 5.92 Å². The summed E-state index contributed by atoms with van der Waals surface area (Å²) in [5, 5.41) is 3.76. The molecule has 1 fully saturated rings. The van der Waals surface area contributed by atoms with Gasteiger partial charge in [-0.2, -0.15) is 0 Å². The molecule has 2 aromatic rings. The molecule has 0 saturated heterocycles. The second-order valence-electron chi connectivity index (χ2n) is 6.57. The van der Waals surface area contributed by atoms with Crippen LogP contribution >= 0.6 is 0 Å². The van der Waals surface area contributed by atoms with Gasteiger partial charge < -0.3 is 5.32 Å². The van der Waals surface area contributed by atoms with Gasteiger partial charge in [0, 0.05) is 12.1 Å². The maximum Gasteiger partial charge on any atom is 0.0294 e. The topological polar surface area (TPSA) is 12.0 Å². The number of rotatable bonds is 4. The van der Waals surface area contributed by atoms with Crippen molar-refractivity contribution in [2.75, 3.05) is 0 Å². The van der Waals surface area contributed by atoms with Gasteiger partial charge in [0.2, 0.25) is 0 Å². The quantitative estimate of drug-likeness (QED) is 0.839. The zero-order valence-electron chi connectivity index (χ0n) is 13.3. The van der Waals surface area contributed by atoms with Crippen molar-refractivity contribution >= 4 is 0 Å². The molecule has 0 radical (unpaired) electrons. The van der Waals surface area contributed by atoms with Crippen molar-refractivity contribution in [3.05, 3.63) is 70.8 Å². The molecular formula is C20H25N. The molecule has 0 unspecified atom stereocenters. The summed E-state index contributed by atoms with van der Waals surface area (Å²) in [5.74, 6) is 0.744. The molecule has 1 aliphatic carbocycles. The average Bonchev–Trinajstić information content (AvgIpc) is 2.44. The van der Waals surface area contributed by atoms with Crippen LogP contribution in [-0.2, 0) is 0 Å². The Bertz CT molecular complexity index is 576. The second kappa shape index (κ2) is 6.03. The number of hydrogen-bond acceptors (Lipinski definition) is 1. The van der Waals surface area contributed by atoms with Gasteiger partial charge in [-0.25, -0.2) is 0 Å². The SMILES string of the molecule is Cc1ccc(C2CC(N[C@H](C)c3ccc(C)cc3)C2)cc1. The Hall–Kier alpha value is -1.60. The van der Waals surface area contributed by atoms with Crippen LogP contribution in [0.5, 0.6) is 0 Å². The van der Waals surface area contributed by atoms with Crippen LogP contribution in [0.4, 0.5) is 0 Å². The summed E-state index contributed by atoms with van der Waals surface area (Å²) in [5.41, 5.74) is 5.57. The molecular weight excluding hydrogens is 254 g/mol. The van der Waals surface area contributed by atoms with Crippen molar-refractivity contribution in [2.45, 2.75) is 51.6 Å². The van der Waals surface area contributed by atoms with Crippen LogP contribution in [-0.4, -0.2) is 6.04 Å². The zero-order chi connectivity index (χ0) is 14.8. The monoisotopic (exact) mass is 279 g/mol. The van der Waals surface area contributed by atoms with Crippen LogP contribution in [0.25, 0.3) is 0 Å². The molecule has 1 aliphatic rings. The van der Waals surface area contributed by atoms with Crippen LogP contribution in [0.15, 0.2) is 48.5 Å². The summed E-state index contributed by atoms with van der Waals surface area (Å²) in [6.07, 6.45) is 2.53. The Labute approximate surface area is 128 Å². The van der Waals surface area contributed by atoms with E-state index in [-0.39, 0.29) is 0 Å². The van der Waals surface area contributed by atoms with Gasteiger partial charge in [0.1, 0.15) is 0 Å². The first kappa shape index (κ1) is 14.3. The predicted octanol–water partition coefficient (Wildman–Crippen LogP) is 4.90. The maximum atomic E-state index is 3.76. The molecule has 0 heterocycles. The highest BCUT2D eigenvalue weighted by Gasteiger charge is 2.30. The minimum atomic E-state index is 0.439. The van der Waals surface area contributed by atoms with Gasteiger partial charge in [0.05, 0.1) is 0 Å². The fourth-order valence-corrected chi connectivity index (χ4v) is 3.17. The number of nitrogens with one attached hydrogen (secondary N) is 1. The minimum Gasteiger partial charge on any atom is -0.307 e. The Morgan fingerprint density at radius 1 is 0.857 bits per heavy atom. The summed E-state index contributed by atoms with van der Waals surface area (Å²) < 4.78 is 0. The number of hydrogen-bond donors (Lipinski definition) is 1. The van der Waals surface area contributed by atoms with Crippen molar-refractivity contribution in [1.82, 2.24) is 5.32 Å². The fraction of sp³-hybridized carbons (Fsp3) is 0.400. The van der Waals surface area contributed by atoms with Crippen molar-refractivity contribution in [1.29, 1.82) is 0 Å². The van der Waals surface area contributed by atoms with Crippen LogP contribution in [0, 0.1) is 13.8 Å². The minimum absolute atomic E-state index is 0.439. The summed E-state index contributed by atoms with van der Waals surface area (Å²) in [4.78, 5) is 0. The van der Waals surface area contributed by atoms with Crippen molar-refractivity contribution in [2.24, 2.45) is 0 Å². The van der Waals surface area contributed by atoms with Gasteiger partial charge in [-0.15, -0.1) is 0 Å². The molecule has 1 saturated carbocycles. The van der Waals surface area contributed by atoms with E-state index < -0.39 is 0 Å². The third-order valence-corrected chi connectivity index (χ3v) is 4.75. The van der Waals surface area contributed by atoms with E-state index >= 15 is 0 Å². The van der Waals surface area contributed by atoms with E-state index in [9.17, 15) is 0 Å². The molecule has 0 amide bonds. The van der Waals surface area contributed by atoms with Crippen LogP contribution in [0.3, 0.4) is 0 Å². The summed E-state index contributed by atoms with van der Waals surface area (Å²) in [7, 11) is 0. The smallest absolute Gasteiger partial charge is 0.0294 e. The van der Waals surface area contributed by atoms with Crippen LogP contribution in [0.2, 0.25) is 0 Å². The standard InChI is InChI=1S/C20H25N/c1-14-4-8-17(9-5-14)16(3)21-20-12-19(13-20)18-10-6-15(2)7-11-18/h4-11,16,19-21H,12-13H2,1-3H3/t16-,19?,20?/m1/s1. The molecule has 0 aliphatic heterocycles. The third-order valence-electron chi connectivity index (χ3n) is 4.75. The van der Waals surface area contributed by atoms with E-state index in [1.807, 2.05) is 0 Å². The van der Waals surface area contributed by atoms with Gasteiger partial charge in [-0.3, -0.25) is 0 Å². The molecule has 21 heavy (non-hydrogen) atoms. The molecule has 0 aromatic heterocycles. The fourth-order valence-electron chi connectivity index (χ4n) is 3.17. The first-order valence-electron chi connectivity index (χ1n) is 8.01. The Kier molecular flexibility index (Phi) is 4.12. The predicted molar refractivity (Wildman–Crippen MR) is 89.7 cm³/mol. The van der Waals surface area contributed by atoms with E-state index in [0.29, 0.717) is 12.1 Å². The van der Waals surface area contributed by atoms with E-state index in [1.54, 1.807) is 0 Å². The van der Waals surface area contributed by atoms with Crippen molar-refractivity contribution in [3.8, 4) is 0 Å². The average molecular weight is 279 g/mol. The third kappa shape index (κ3) is 3.36. The highest BCUT2D eigenvalue weighted by molar-refractivity contribution is 5.27. The molecule has 0 bridgehead atoms. The molecule has 110 valence electrons. The van der Waals surface area contributed by atoms with Gasteiger partial charge >= 0.3 is 0 Å². The molecule has 1 atom stereocenters. The first-order chi connectivity index (χ1) is 10.1. The van der Waals surface area contributed by atoms with Crippen molar-refractivity contribution in [3.63, 3.8) is 0 Å². The van der Waals surface area contributed by atoms with Gasteiger partial charge in [-0.1, -0.05) is 59.7 Å². The first-order valence-corrected chi connectivity index (χ1v) is 8.01. The van der Waals surface area contributed by atoms with E-state index in [1.165, 1.54) is 35.1 Å². The van der Waals surface area contributed by atoms with E-state index in [2.05, 4.69) is 74.6 Å².